The van der Waals surface area contributed by atoms with Gasteiger partial charge in [-0.3, -0.25) is 4.79 Å². The molecule has 0 spiro atoms. The predicted octanol–water partition coefficient (Wildman–Crippen LogP) is 2.56. The predicted molar refractivity (Wildman–Crippen MR) is 60.7 cm³/mol. The molecular weight excluding hydrogens is 277 g/mol. The molecule has 0 N–H and O–H groups in total. The van der Waals surface area contributed by atoms with E-state index in [4.69, 9.17) is 0 Å². The summed E-state index contributed by atoms with van der Waals surface area (Å²) in [7, 11) is 0. The number of Topliss-reactive ketones (excluding diaryl/α,β-unsaturated/α-hetero) is 1. The number of hydrogen-bond acceptors (Lipinski definition) is 2. The monoisotopic (exact) mass is 293 g/mol. The molecule has 1 aliphatic heterocycles. The molecule has 2 nitrogen and oxygen atoms in total. The number of fused-ring (bicyclic) bond motifs is 1. The van der Waals surface area contributed by atoms with Gasteiger partial charge in [0.15, 0.2) is 0 Å². The molecule has 2 rings (SSSR count). The van der Waals surface area contributed by atoms with Crippen molar-refractivity contribution in [1.82, 2.24) is 3.11 Å². The minimum absolute atomic E-state index is 0.216. The molecule has 3 atom stereocenters. The van der Waals surface area contributed by atoms with E-state index in [0.29, 0.717) is 11.8 Å². The van der Waals surface area contributed by atoms with Crippen LogP contribution in [0.4, 0.5) is 0 Å². The van der Waals surface area contributed by atoms with Crippen molar-refractivity contribution in [3.05, 3.63) is 0 Å². The quantitative estimate of drug-likeness (QED) is 0.547. The maximum absolute atomic E-state index is 11.4. The van der Waals surface area contributed by atoms with Gasteiger partial charge in [-0.25, -0.2) is 3.11 Å². The lowest BCUT2D eigenvalue weighted by atomic mass is 9.85. The van der Waals surface area contributed by atoms with Crippen LogP contribution in [0.5, 0.6) is 0 Å². The van der Waals surface area contributed by atoms with Gasteiger partial charge in [0.2, 0.25) is 0 Å². The number of hydrogen-bond donors (Lipinski definition) is 0. The van der Waals surface area contributed by atoms with E-state index in [1.807, 2.05) is 0 Å². The second-order valence-electron chi connectivity index (χ2n) is 4.32. The Hall–Kier alpha value is 0.360. The molecule has 0 amide bonds. The Bertz CT molecular complexity index is 219. The Kier molecular flexibility index (Phi) is 2.93. The van der Waals surface area contributed by atoms with Gasteiger partial charge in [-0.2, -0.15) is 0 Å². The van der Waals surface area contributed by atoms with Gasteiger partial charge in [0.05, 0.1) is 6.04 Å². The van der Waals surface area contributed by atoms with Crippen molar-refractivity contribution in [2.45, 2.75) is 51.1 Å². The fraction of sp³-hybridized carbons (Fsp3) is 0.900. The van der Waals surface area contributed by atoms with E-state index in [1.54, 1.807) is 6.92 Å². The highest BCUT2D eigenvalue weighted by Gasteiger charge is 2.42. The first-order valence-electron chi connectivity index (χ1n) is 5.14. The molecule has 0 bridgehead atoms. The molecule has 1 aliphatic carbocycles. The zero-order valence-electron chi connectivity index (χ0n) is 8.00. The van der Waals surface area contributed by atoms with E-state index in [0.717, 1.165) is 12.3 Å². The van der Waals surface area contributed by atoms with Gasteiger partial charge in [-0.1, -0.05) is 12.8 Å². The molecule has 1 saturated carbocycles. The number of carbonyl (C=O) groups excluding carboxylic acids is 1. The minimum atomic E-state index is 0.216. The largest absolute Gasteiger partial charge is 0.298 e. The summed E-state index contributed by atoms with van der Waals surface area (Å²) >= 11 is 2.36. The topological polar surface area (TPSA) is 20.3 Å². The average Bonchev–Trinajstić information content (AvgIpc) is 2.45. The van der Waals surface area contributed by atoms with Crippen molar-refractivity contribution in [3.63, 3.8) is 0 Å². The van der Waals surface area contributed by atoms with Crippen molar-refractivity contribution in [2.24, 2.45) is 5.92 Å². The Balaban J connectivity index is 2.09. The van der Waals surface area contributed by atoms with Gasteiger partial charge in [0.1, 0.15) is 5.78 Å². The molecule has 0 aromatic heterocycles. The lowest BCUT2D eigenvalue weighted by molar-refractivity contribution is -0.119. The molecule has 3 heteroatoms. The zero-order valence-corrected chi connectivity index (χ0v) is 10.2. The second kappa shape index (κ2) is 3.85. The number of carbonyl (C=O) groups is 1. The van der Waals surface area contributed by atoms with Crippen molar-refractivity contribution in [2.75, 3.05) is 0 Å². The van der Waals surface area contributed by atoms with Crippen LogP contribution >= 0.6 is 22.9 Å². The van der Waals surface area contributed by atoms with Crippen molar-refractivity contribution >= 4 is 28.6 Å². The molecule has 0 aromatic rings. The fourth-order valence-electron chi connectivity index (χ4n) is 2.75. The standard InChI is InChI=1S/C10H16INO/c1-7(13)10-6-8-4-2-3-5-9(8)12(10)11/h8-10H,2-6H2,1H3/t8?,9?,10-/m0/s1. The van der Waals surface area contributed by atoms with Gasteiger partial charge in [0.25, 0.3) is 0 Å². The maximum Gasteiger partial charge on any atom is 0.147 e. The normalized spacial score (nSPS) is 40.3. The molecule has 0 radical (unpaired) electrons. The molecule has 2 aliphatic rings. The third-order valence-electron chi connectivity index (χ3n) is 3.48. The van der Waals surface area contributed by atoms with E-state index in [1.165, 1.54) is 25.7 Å². The summed E-state index contributed by atoms with van der Waals surface area (Å²) in [6.07, 6.45) is 6.48. The van der Waals surface area contributed by atoms with E-state index >= 15 is 0 Å². The average molecular weight is 293 g/mol. The Labute approximate surface area is 93.6 Å². The first kappa shape index (κ1) is 9.90. The summed E-state index contributed by atoms with van der Waals surface area (Å²) in [5, 5.41) is 0. The summed E-state index contributed by atoms with van der Waals surface area (Å²) in [6.45, 7) is 1.73. The smallest absolute Gasteiger partial charge is 0.147 e. The Morgan fingerprint density at radius 1 is 1.38 bits per heavy atom. The molecule has 2 unspecified atom stereocenters. The third-order valence-corrected chi connectivity index (χ3v) is 4.87. The van der Waals surface area contributed by atoms with E-state index in [2.05, 4.69) is 26.0 Å². The van der Waals surface area contributed by atoms with Crippen molar-refractivity contribution in [1.29, 1.82) is 0 Å². The third kappa shape index (κ3) is 1.77. The summed E-state index contributed by atoms with van der Waals surface area (Å²) in [5.41, 5.74) is 0. The van der Waals surface area contributed by atoms with Crippen molar-refractivity contribution < 1.29 is 4.79 Å². The van der Waals surface area contributed by atoms with Crippen LogP contribution < -0.4 is 0 Å². The minimum Gasteiger partial charge on any atom is -0.298 e. The summed E-state index contributed by atoms with van der Waals surface area (Å²) in [4.78, 5) is 11.4. The summed E-state index contributed by atoms with van der Waals surface area (Å²) in [6, 6.07) is 0.914. The van der Waals surface area contributed by atoms with Crippen LogP contribution in [-0.4, -0.2) is 21.0 Å². The summed E-state index contributed by atoms with van der Waals surface area (Å²) < 4.78 is 2.30. The molecule has 1 heterocycles. The van der Waals surface area contributed by atoms with Gasteiger partial charge in [0, 0.05) is 28.9 Å². The van der Waals surface area contributed by atoms with Crippen LogP contribution in [0.1, 0.15) is 39.0 Å². The molecule has 74 valence electrons. The number of ketones is 1. The fourth-order valence-corrected chi connectivity index (χ4v) is 4.10. The van der Waals surface area contributed by atoms with Crippen LogP contribution in [0.3, 0.4) is 0 Å². The molecule has 13 heavy (non-hydrogen) atoms. The lowest BCUT2D eigenvalue weighted by Gasteiger charge is -2.28. The van der Waals surface area contributed by atoms with E-state index in [9.17, 15) is 4.79 Å². The number of halogens is 1. The number of nitrogens with zero attached hydrogens (tertiary/aromatic N) is 1. The van der Waals surface area contributed by atoms with E-state index < -0.39 is 0 Å². The lowest BCUT2D eigenvalue weighted by Crippen LogP contribution is -2.33. The maximum atomic E-state index is 11.4. The Morgan fingerprint density at radius 3 is 2.69 bits per heavy atom. The molecule has 1 saturated heterocycles. The van der Waals surface area contributed by atoms with Crippen LogP contribution in [0.2, 0.25) is 0 Å². The zero-order chi connectivity index (χ0) is 9.42. The van der Waals surface area contributed by atoms with Gasteiger partial charge < -0.3 is 0 Å². The SMILES string of the molecule is CC(=O)[C@@H]1CC2CCCCC2N1I. The van der Waals surface area contributed by atoms with Crippen LogP contribution in [-0.2, 0) is 4.79 Å². The first-order chi connectivity index (χ1) is 6.20. The highest BCUT2D eigenvalue weighted by molar-refractivity contribution is 14.1. The van der Waals surface area contributed by atoms with Gasteiger partial charge >= 0.3 is 0 Å². The molecule has 2 fully saturated rings. The van der Waals surface area contributed by atoms with Crippen LogP contribution in [0.25, 0.3) is 0 Å². The van der Waals surface area contributed by atoms with Gasteiger partial charge in [-0.15, -0.1) is 0 Å². The first-order valence-corrected chi connectivity index (χ1v) is 6.11. The second-order valence-corrected chi connectivity index (χ2v) is 5.43. The molecule has 0 aromatic carbocycles. The highest BCUT2D eigenvalue weighted by Crippen LogP contribution is 2.41. The van der Waals surface area contributed by atoms with Crippen LogP contribution in [0, 0.1) is 5.92 Å². The highest BCUT2D eigenvalue weighted by atomic mass is 127. The number of rotatable bonds is 1. The summed E-state index contributed by atoms with van der Waals surface area (Å²) in [5.74, 6) is 1.16. The van der Waals surface area contributed by atoms with Crippen molar-refractivity contribution in [3.8, 4) is 0 Å². The van der Waals surface area contributed by atoms with Gasteiger partial charge in [-0.05, 0) is 32.1 Å². The molecular formula is C10H16INO. The van der Waals surface area contributed by atoms with E-state index in [-0.39, 0.29) is 6.04 Å². The van der Waals surface area contributed by atoms with Crippen LogP contribution in [0.15, 0.2) is 0 Å². The Morgan fingerprint density at radius 2 is 2.08 bits per heavy atom.